The van der Waals surface area contributed by atoms with E-state index in [4.69, 9.17) is 10.2 Å². The second-order valence-electron chi connectivity index (χ2n) is 3.07. The summed E-state index contributed by atoms with van der Waals surface area (Å²) in [6.45, 7) is 0. The number of hydrogen-bond acceptors (Lipinski definition) is 4. The summed E-state index contributed by atoms with van der Waals surface area (Å²) in [6.07, 6.45) is 1.45. The van der Waals surface area contributed by atoms with E-state index in [9.17, 15) is 19.5 Å². The Labute approximate surface area is 95.4 Å². The molecule has 6 nitrogen and oxygen atoms in total. The smallest absolute Gasteiger partial charge is 0.339 e. The lowest BCUT2D eigenvalue weighted by molar-refractivity contribution is -0.131. The number of hydrogen-bond donors (Lipinski definition) is 3. The van der Waals surface area contributed by atoms with Crippen LogP contribution in [0.15, 0.2) is 30.4 Å². The van der Waals surface area contributed by atoms with E-state index in [0.717, 1.165) is 18.2 Å². The van der Waals surface area contributed by atoms with Crippen LogP contribution in [-0.4, -0.2) is 33.0 Å². The maximum atomic E-state index is 11.4. The average molecular weight is 236 g/mol. The van der Waals surface area contributed by atoms with Gasteiger partial charge in [-0.2, -0.15) is 0 Å². The quantitative estimate of drug-likeness (QED) is 0.529. The van der Waals surface area contributed by atoms with Crippen LogP contribution in [0, 0.1) is 0 Å². The van der Waals surface area contributed by atoms with Gasteiger partial charge in [0.2, 0.25) is 0 Å². The molecule has 0 radical (unpaired) electrons. The number of rotatable bonds is 4. The van der Waals surface area contributed by atoms with Gasteiger partial charge in [-0.15, -0.1) is 0 Å². The summed E-state index contributed by atoms with van der Waals surface area (Å²) in [7, 11) is 0. The van der Waals surface area contributed by atoms with E-state index in [0.29, 0.717) is 6.08 Å². The molecule has 0 saturated heterocycles. The number of carbonyl (C=O) groups excluding carboxylic acids is 1. The van der Waals surface area contributed by atoms with Crippen molar-refractivity contribution in [1.82, 2.24) is 0 Å². The maximum absolute atomic E-state index is 11.4. The summed E-state index contributed by atoms with van der Waals surface area (Å²) in [6, 6.07) is 3.24. The summed E-state index contributed by atoms with van der Waals surface area (Å²) in [5, 5.41) is 26.2. The van der Waals surface area contributed by atoms with E-state index in [1.807, 2.05) is 0 Å². The van der Waals surface area contributed by atoms with E-state index >= 15 is 0 Å². The molecular weight excluding hydrogens is 228 g/mol. The van der Waals surface area contributed by atoms with Crippen molar-refractivity contribution < 1.29 is 29.7 Å². The molecule has 0 bridgehead atoms. The fraction of sp³-hybridized carbons (Fsp3) is 0. The zero-order chi connectivity index (χ0) is 13.0. The molecule has 0 aromatic heterocycles. The Morgan fingerprint density at radius 2 is 1.71 bits per heavy atom. The summed E-state index contributed by atoms with van der Waals surface area (Å²) in [5.74, 6) is -3.78. The SMILES string of the molecule is O=C(O)C=CC(=O)c1ccc(O)c(C(=O)O)c1. The van der Waals surface area contributed by atoms with Gasteiger partial charge < -0.3 is 15.3 Å². The number of aromatic carboxylic acids is 1. The van der Waals surface area contributed by atoms with Crippen LogP contribution < -0.4 is 0 Å². The van der Waals surface area contributed by atoms with Crippen LogP contribution in [0.3, 0.4) is 0 Å². The molecule has 1 aromatic carbocycles. The number of phenols is 1. The van der Waals surface area contributed by atoms with Crippen molar-refractivity contribution in [3.8, 4) is 5.75 Å². The minimum atomic E-state index is -1.38. The third kappa shape index (κ3) is 3.16. The van der Waals surface area contributed by atoms with Gasteiger partial charge in [-0.1, -0.05) is 0 Å². The molecule has 0 atom stereocenters. The van der Waals surface area contributed by atoms with Crippen LogP contribution in [0.2, 0.25) is 0 Å². The van der Waals surface area contributed by atoms with Gasteiger partial charge in [0.05, 0.1) is 0 Å². The first-order chi connectivity index (χ1) is 7.91. The highest BCUT2D eigenvalue weighted by atomic mass is 16.4. The van der Waals surface area contributed by atoms with Crippen molar-refractivity contribution in [2.24, 2.45) is 0 Å². The van der Waals surface area contributed by atoms with Gasteiger partial charge in [-0.3, -0.25) is 4.79 Å². The third-order valence-electron chi connectivity index (χ3n) is 1.89. The maximum Gasteiger partial charge on any atom is 0.339 e. The van der Waals surface area contributed by atoms with Crippen molar-refractivity contribution in [2.45, 2.75) is 0 Å². The molecule has 1 aromatic rings. The minimum Gasteiger partial charge on any atom is -0.507 e. The molecule has 0 saturated carbocycles. The first-order valence-electron chi connectivity index (χ1n) is 4.43. The van der Waals surface area contributed by atoms with Crippen molar-refractivity contribution in [3.63, 3.8) is 0 Å². The average Bonchev–Trinajstić information content (AvgIpc) is 2.26. The van der Waals surface area contributed by atoms with E-state index in [2.05, 4.69) is 0 Å². The van der Waals surface area contributed by atoms with Gasteiger partial charge in [0.15, 0.2) is 5.78 Å². The number of aromatic hydroxyl groups is 1. The highest BCUT2D eigenvalue weighted by Crippen LogP contribution is 2.18. The monoisotopic (exact) mass is 236 g/mol. The lowest BCUT2D eigenvalue weighted by atomic mass is 10.1. The highest BCUT2D eigenvalue weighted by Gasteiger charge is 2.12. The predicted molar refractivity (Wildman–Crippen MR) is 56.2 cm³/mol. The zero-order valence-corrected chi connectivity index (χ0v) is 8.45. The van der Waals surface area contributed by atoms with Crippen LogP contribution in [0.4, 0.5) is 0 Å². The molecular formula is C11H8O6. The van der Waals surface area contributed by atoms with E-state index in [-0.39, 0.29) is 5.56 Å². The Bertz CT molecular complexity index is 515. The Morgan fingerprint density at radius 3 is 2.24 bits per heavy atom. The summed E-state index contributed by atoms with van der Waals surface area (Å²) < 4.78 is 0. The first-order valence-corrected chi connectivity index (χ1v) is 4.43. The number of ketones is 1. The molecule has 17 heavy (non-hydrogen) atoms. The molecule has 6 heteroatoms. The van der Waals surface area contributed by atoms with E-state index in [1.54, 1.807) is 0 Å². The predicted octanol–water partition coefficient (Wildman–Crippen LogP) is 0.914. The molecule has 3 N–H and O–H groups in total. The molecule has 0 amide bonds. The normalized spacial score (nSPS) is 10.4. The molecule has 0 aliphatic heterocycles. The lowest BCUT2D eigenvalue weighted by Gasteiger charge is -2.01. The van der Waals surface area contributed by atoms with Crippen LogP contribution in [-0.2, 0) is 4.79 Å². The van der Waals surface area contributed by atoms with Crippen molar-refractivity contribution >= 4 is 17.7 Å². The Morgan fingerprint density at radius 1 is 1.06 bits per heavy atom. The van der Waals surface area contributed by atoms with Gasteiger partial charge in [-0.25, -0.2) is 9.59 Å². The van der Waals surface area contributed by atoms with Gasteiger partial charge >= 0.3 is 11.9 Å². The van der Waals surface area contributed by atoms with Crippen LogP contribution in [0.25, 0.3) is 0 Å². The van der Waals surface area contributed by atoms with Crippen LogP contribution >= 0.6 is 0 Å². The number of carbonyl (C=O) groups is 3. The molecule has 0 unspecified atom stereocenters. The molecule has 0 aliphatic rings. The second-order valence-corrected chi connectivity index (χ2v) is 3.07. The Balaban J connectivity index is 3.08. The zero-order valence-electron chi connectivity index (χ0n) is 8.45. The third-order valence-corrected chi connectivity index (χ3v) is 1.89. The van der Waals surface area contributed by atoms with Crippen LogP contribution in [0.1, 0.15) is 20.7 Å². The number of aliphatic carboxylic acids is 1. The summed E-state index contributed by atoms with van der Waals surface area (Å²) >= 11 is 0. The molecule has 0 heterocycles. The number of benzene rings is 1. The molecule has 88 valence electrons. The van der Waals surface area contributed by atoms with Crippen molar-refractivity contribution in [3.05, 3.63) is 41.5 Å². The molecule has 0 spiro atoms. The first kappa shape index (κ1) is 12.4. The fourth-order valence-corrected chi connectivity index (χ4v) is 1.10. The highest BCUT2D eigenvalue weighted by molar-refractivity contribution is 6.08. The molecule has 1 rings (SSSR count). The minimum absolute atomic E-state index is 0.0160. The van der Waals surface area contributed by atoms with Crippen LogP contribution in [0.5, 0.6) is 5.75 Å². The van der Waals surface area contributed by atoms with Gasteiger partial charge in [0.25, 0.3) is 0 Å². The summed E-state index contributed by atoms with van der Waals surface area (Å²) in [5.41, 5.74) is -0.433. The molecule has 0 aliphatic carbocycles. The standard InChI is InChI=1S/C11H8O6/c12-8(3-4-10(14)15)6-1-2-9(13)7(5-6)11(16)17/h1-5,13H,(H,14,15)(H,16,17). The van der Waals surface area contributed by atoms with Gasteiger partial charge in [0.1, 0.15) is 11.3 Å². The second kappa shape index (κ2) is 4.93. The van der Waals surface area contributed by atoms with Crippen molar-refractivity contribution in [2.75, 3.05) is 0 Å². The Hall–Kier alpha value is -2.63. The fourth-order valence-electron chi connectivity index (χ4n) is 1.10. The largest absolute Gasteiger partial charge is 0.507 e. The van der Waals surface area contributed by atoms with E-state index < -0.39 is 29.0 Å². The van der Waals surface area contributed by atoms with Crippen molar-refractivity contribution in [1.29, 1.82) is 0 Å². The van der Waals surface area contributed by atoms with E-state index in [1.165, 1.54) is 6.07 Å². The number of allylic oxidation sites excluding steroid dienone is 1. The topological polar surface area (TPSA) is 112 Å². The summed E-state index contributed by atoms with van der Waals surface area (Å²) in [4.78, 5) is 32.3. The Kier molecular flexibility index (Phi) is 3.61. The van der Waals surface area contributed by atoms with Gasteiger partial charge in [0, 0.05) is 11.6 Å². The number of carboxylic acids is 2. The lowest BCUT2D eigenvalue weighted by Crippen LogP contribution is -2.02. The van der Waals surface area contributed by atoms with Gasteiger partial charge in [-0.05, 0) is 24.3 Å². The number of carboxylic acid groups (broad SMARTS) is 2. The molecule has 0 fully saturated rings.